The number of benzene rings is 1. The average Bonchev–Trinajstić information content (AvgIpc) is 3.10. The Balaban J connectivity index is 1.64. The Bertz CT molecular complexity index is 1500. The predicted octanol–water partition coefficient (Wildman–Crippen LogP) is 6.26. The lowest BCUT2D eigenvalue weighted by molar-refractivity contribution is -0.199. The predicted molar refractivity (Wildman–Crippen MR) is 116 cm³/mol. The summed E-state index contributed by atoms with van der Waals surface area (Å²) in [5, 5.41) is -0.300. The van der Waals surface area contributed by atoms with E-state index < -0.39 is 39.3 Å². The number of fused-ring (bicyclic) bond motifs is 1. The Kier molecular flexibility index (Phi) is 6.30. The molecule has 3 aromatic heterocycles. The van der Waals surface area contributed by atoms with Crippen molar-refractivity contribution in [1.82, 2.24) is 14.5 Å². The fraction of sp³-hybridized carbons (Fsp3) is 0.182. The molecule has 0 saturated carbocycles. The standard InChI is InChI=1S/C22H14ClF6N3O2S/c23-18-19-17(5-2-9-30-19)32(22(27,28)29)20(18)16-7-6-15(12-31-16)35(33,34)10-8-13-3-1-4-14(11-13)21(24,25)26/h1-7,9,11-12H,8,10H2. The van der Waals surface area contributed by atoms with Crippen molar-refractivity contribution < 1.29 is 34.8 Å². The topological polar surface area (TPSA) is 64.8 Å². The van der Waals surface area contributed by atoms with Gasteiger partial charge in [-0.1, -0.05) is 29.8 Å². The molecule has 5 nitrogen and oxygen atoms in total. The number of hydrogen-bond donors (Lipinski definition) is 0. The van der Waals surface area contributed by atoms with E-state index in [-0.39, 0.29) is 43.2 Å². The highest BCUT2D eigenvalue weighted by Crippen LogP contribution is 2.41. The van der Waals surface area contributed by atoms with Crippen molar-refractivity contribution in [2.24, 2.45) is 0 Å². The molecule has 35 heavy (non-hydrogen) atoms. The fourth-order valence-electron chi connectivity index (χ4n) is 3.55. The van der Waals surface area contributed by atoms with Gasteiger partial charge in [0.15, 0.2) is 9.84 Å². The highest BCUT2D eigenvalue weighted by atomic mass is 35.5. The van der Waals surface area contributed by atoms with E-state index in [1.807, 2.05) is 0 Å². The third-order valence-electron chi connectivity index (χ3n) is 5.17. The third-order valence-corrected chi connectivity index (χ3v) is 7.23. The highest BCUT2D eigenvalue weighted by molar-refractivity contribution is 7.91. The fourth-order valence-corrected chi connectivity index (χ4v) is 5.10. The summed E-state index contributed by atoms with van der Waals surface area (Å²) in [6.45, 7) is 0. The first-order valence-corrected chi connectivity index (χ1v) is 11.9. The number of halogens is 7. The molecule has 0 spiro atoms. The van der Waals surface area contributed by atoms with Gasteiger partial charge in [0.25, 0.3) is 0 Å². The molecule has 0 saturated heterocycles. The molecule has 4 aromatic rings. The molecular weight excluding hydrogens is 520 g/mol. The second-order valence-corrected chi connectivity index (χ2v) is 9.97. The number of aryl methyl sites for hydroxylation is 1. The van der Waals surface area contributed by atoms with Crippen LogP contribution in [-0.2, 0) is 28.7 Å². The highest BCUT2D eigenvalue weighted by Gasteiger charge is 2.37. The zero-order valence-corrected chi connectivity index (χ0v) is 19.0. The molecule has 0 bridgehead atoms. The summed E-state index contributed by atoms with van der Waals surface area (Å²) in [5.74, 6) is -0.525. The van der Waals surface area contributed by atoms with Crippen LogP contribution in [0.1, 0.15) is 11.1 Å². The van der Waals surface area contributed by atoms with Crippen LogP contribution in [0.4, 0.5) is 26.3 Å². The molecule has 184 valence electrons. The van der Waals surface area contributed by atoms with Crippen molar-refractivity contribution in [2.45, 2.75) is 23.8 Å². The van der Waals surface area contributed by atoms with E-state index in [1.54, 1.807) is 0 Å². The Morgan fingerprint density at radius 2 is 1.69 bits per heavy atom. The van der Waals surface area contributed by atoms with E-state index in [1.165, 1.54) is 30.5 Å². The number of hydrogen-bond acceptors (Lipinski definition) is 4. The summed E-state index contributed by atoms with van der Waals surface area (Å²) in [5.41, 5.74) is -1.85. The van der Waals surface area contributed by atoms with Crippen molar-refractivity contribution in [1.29, 1.82) is 0 Å². The summed E-state index contributed by atoms with van der Waals surface area (Å²) >= 11 is 6.17. The molecule has 1 aromatic carbocycles. The van der Waals surface area contributed by atoms with Gasteiger partial charge in [0.2, 0.25) is 0 Å². The van der Waals surface area contributed by atoms with E-state index in [2.05, 4.69) is 9.97 Å². The number of rotatable bonds is 5. The smallest absolute Gasteiger partial charge is 0.253 e. The normalized spacial score (nSPS) is 12.9. The van der Waals surface area contributed by atoms with Gasteiger partial charge >= 0.3 is 12.5 Å². The second kappa shape index (κ2) is 8.83. The van der Waals surface area contributed by atoms with Gasteiger partial charge in [-0.2, -0.15) is 13.2 Å². The van der Waals surface area contributed by atoms with Gasteiger partial charge < -0.3 is 0 Å². The maximum atomic E-state index is 13.8. The van der Waals surface area contributed by atoms with Gasteiger partial charge in [-0.3, -0.25) is 9.97 Å². The largest absolute Gasteiger partial charge is 0.489 e. The van der Waals surface area contributed by atoms with Crippen molar-refractivity contribution in [3.8, 4) is 11.4 Å². The maximum Gasteiger partial charge on any atom is 0.489 e. The summed E-state index contributed by atoms with van der Waals surface area (Å²) in [7, 11) is -4.00. The Labute approximate surface area is 199 Å². The molecule has 0 radical (unpaired) electrons. The number of sulfone groups is 1. The van der Waals surface area contributed by atoms with Crippen LogP contribution in [0.25, 0.3) is 22.4 Å². The Hall–Kier alpha value is -3.12. The summed E-state index contributed by atoms with van der Waals surface area (Å²) < 4.78 is 105. The molecule has 0 N–H and O–H groups in total. The lowest BCUT2D eigenvalue weighted by Gasteiger charge is -2.14. The summed E-state index contributed by atoms with van der Waals surface area (Å²) in [6, 6.07) is 8.96. The van der Waals surface area contributed by atoms with Crippen molar-refractivity contribution >= 4 is 32.5 Å². The van der Waals surface area contributed by atoms with Crippen LogP contribution in [0.5, 0.6) is 0 Å². The summed E-state index contributed by atoms with van der Waals surface area (Å²) in [6.07, 6.45) is -7.45. The van der Waals surface area contributed by atoms with E-state index in [9.17, 15) is 34.8 Å². The van der Waals surface area contributed by atoms with E-state index in [0.29, 0.717) is 0 Å². The lowest BCUT2D eigenvalue weighted by atomic mass is 10.1. The number of nitrogens with zero attached hydrogens (tertiary/aromatic N) is 3. The van der Waals surface area contributed by atoms with Crippen LogP contribution < -0.4 is 0 Å². The SMILES string of the molecule is O=S(=O)(CCc1cccc(C(F)(F)F)c1)c1ccc(-c2c(Cl)c3ncccc3n2C(F)(F)F)nc1. The zero-order valence-electron chi connectivity index (χ0n) is 17.4. The number of pyridine rings is 2. The molecule has 0 unspecified atom stereocenters. The van der Waals surface area contributed by atoms with Crippen LogP contribution in [0.3, 0.4) is 0 Å². The Morgan fingerprint density at radius 1 is 0.943 bits per heavy atom. The van der Waals surface area contributed by atoms with Gasteiger partial charge in [-0.15, -0.1) is 13.2 Å². The van der Waals surface area contributed by atoms with E-state index >= 15 is 0 Å². The molecule has 0 aliphatic carbocycles. The first kappa shape index (κ1) is 25.0. The van der Waals surface area contributed by atoms with Crippen molar-refractivity contribution in [3.05, 3.63) is 77.1 Å². The first-order chi connectivity index (χ1) is 16.3. The average molecular weight is 534 g/mol. The second-order valence-electron chi connectivity index (χ2n) is 7.48. The van der Waals surface area contributed by atoms with Crippen molar-refractivity contribution in [2.75, 3.05) is 5.75 Å². The molecule has 4 rings (SSSR count). The number of aromatic nitrogens is 3. The monoisotopic (exact) mass is 533 g/mol. The molecule has 0 aliphatic rings. The molecule has 0 amide bonds. The summed E-state index contributed by atoms with van der Waals surface area (Å²) in [4.78, 5) is 7.48. The minimum absolute atomic E-state index is 0.0157. The molecular formula is C22H14ClF6N3O2S. The first-order valence-electron chi connectivity index (χ1n) is 9.86. The molecule has 3 heterocycles. The lowest BCUT2D eigenvalue weighted by Crippen LogP contribution is -2.18. The van der Waals surface area contributed by atoms with Gasteiger partial charge in [-0.25, -0.2) is 13.0 Å². The molecule has 0 atom stereocenters. The van der Waals surface area contributed by atoms with Gasteiger partial charge in [-0.05, 0) is 42.3 Å². The maximum absolute atomic E-state index is 13.8. The van der Waals surface area contributed by atoms with Gasteiger partial charge in [0.05, 0.1) is 38.1 Å². The van der Waals surface area contributed by atoms with Crippen LogP contribution in [0, 0.1) is 0 Å². The zero-order chi connectivity index (χ0) is 25.6. The van der Waals surface area contributed by atoms with Gasteiger partial charge in [0.1, 0.15) is 5.52 Å². The van der Waals surface area contributed by atoms with E-state index in [0.717, 1.165) is 30.5 Å². The van der Waals surface area contributed by atoms with Crippen LogP contribution in [0.15, 0.2) is 65.8 Å². The Morgan fingerprint density at radius 3 is 2.31 bits per heavy atom. The van der Waals surface area contributed by atoms with Crippen LogP contribution in [0.2, 0.25) is 5.02 Å². The van der Waals surface area contributed by atoms with Crippen molar-refractivity contribution in [3.63, 3.8) is 0 Å². The molecule has 0 aliphatic heterocycles. The van der Waals surface area contributed by atoms with E-state index in [4.69, 9.17) is 11.6 Å². The molecule has 0 fully saturated rings. The minimum Gasteiger partial charge on any atom is -0.253 e. The van der Waals surface area contributed by atoms with Crippen LogP contribution >= 0.6 is 11.6 Å². The molecule has 13 heteroatoms. The minimum atomic E-state index is -4.86. The quantitative estimate of drug-likeness (QED) is 0.284. The third kappa shape index (κ3) is 4.98. The van der Waals surface area contributed by atoms with Crippen LogP contribution in [-0.4, -0.2) is 28.7 Å². The van der Waals surface area contributed by atoms with Gasteiger partial charge in [0, 0.05) is 12.4 Å². The number of alkyl halides is 6.